The van der Waals surface area contributed by atoms with Crippen LogP contribution in [0.1, 0.15) is 122 Å². The highest BCUT2D eigenvalue weighted by Crippen LogP contribution is 2.15. The summed E-state index contributed by atoms with van der Waals surface area (Å²) in [6, 6.07) is 10.9. The average molecular weight is 514 g/mol. The Hall–Kier alpha value is -0.950. The second-order valence-corrected chi connectivity index (χ2v) is 11.7. The molecule has 0 amide bonds. The van der Waals surface area contributed by atoms with Crippen molar-refractivity contribution in [3.63, 3.8) is 0 Å². The van der Waals surface area contributed by atoms with Gasteiger partial charge >= 0.3 is 0 Å². The van der Waals surface area contributed by atoms with Gasteiger partial charge in [0.15, 0.2) is 0 Å². The van der Waals surface area contributed by atoms with E-state index in [1.165, 1.54) is 121 Å². The van der Waals surface area contributed by atoms with Gasteiger partial charge in [-0.05, 0) is 12.8 Å². The molecule has 0 aliphatic heterocycles. The number of quaternary nitrogens is 1. The minimum Gasteiger partial charge on any atom is -0.726 e. The van der Waals surface area contributed by atoms with E-state index >= 15 is 0 Å². The zero-order valence-electron chi connectivity index (χ0n) is 23.3. The fourth-order valence-corrected chi connectivity index (χ4v) is 4.42. The molecule has 0 saturated carbocycles. The summed E-state index contributed by atoms with van der Waals surface area (Å²) < 4.78 is 32.1. The standard InChI is InChI=1S/C28H52N.CH4O4S/c1-4-5-6-7-8-9-10-11-12-13-14-15-16-17-18-19-23-26-29(2,3)27-28-24-21-20-22-25-28;1-5-6(2,3)4/h20-22,24-25H,4-19,23,26-27H2,1-3H3;1H3,(H,2,3,4)/q+1;/p-1. The number of hydrogen-bond acceptors (Lipinski definition) is 4. The lowest BCUT2D eigenvalue weighted by Crippen LogP contribution is -2.39. The Balaban J connectivity index is 0.00000170. The monoisotopic (exact) mass is 513 g/mol. The van der Waals surface area contributed by atoms with Gasteiger partial charge in [-0.3, -0.25) is 4.18 Å². The van der Waals surface area contributed by atoms with Crippen LogP contribution < -0.4 is 0 Å². The molecule has 5 nitrogen and oxygen atoms in total. The van der Waals surface area contributed by atoms with Gasteiger partial charge in [0.05, 0.1) is 27.7 Å². The molecule has 0 radical (unpaired) electrons. The summed E-state index contributed by atoms with van der Waals surface area (Å²) in [5.74, 6) is 0. The van der Waals surface area contributed by atoms with E-state index in [1.807, 2.05) is 0 Å². The SMILES string of the molecule is CCCCCCCCCCCCCCCCCCC[N+](C)(C)Cc1ccccc1.COS(=O)(=O)[O-]. The van der Waals surface area contributed by atoms with Crippen LogP contribution in [0.5, 0.6) is 0 Å². The Bertz CT molecular complexity index is 677. The Morgan fingerprint density at radius 2 is 1.03 bits per heavy atom. The molecule has 0 heterocycles. The normalized spacial score (nSPS) is 11.8. The van der Waals surface area contributed by atoms with Crippen molar-refractivity contribution in [1.82, 2.24) is 0 Å². The first kappa shape index (κ1) is 34.0. The highest BCUT2D eigenvalue weighted by atomic mass is 32.3. The van der Waals surface area contributed by atoms with Gasteiger partial charge in [0.1, 0.15) is 6.54 Å². The van der Waals surface area contributed by atoms with Crippen molar-refractivity contribution in [1.29, 1.82) is 0 Å². The second-order valence-electron chi connectivity index (χ2n) is 10.5. The maximum Gasteiger partial charge on any atom is 0.217 e. The van der Waals surface area contributed by atoms with E-state index in [9.17, 15) is 13.0 Å². The van der Waals surface area contributed by atoms with Crippen LogP contribution in [-0.4, -0.2) is 45.2 Å². The third kappa shape index (κ3) is 25.9. The van der Waals surface area contributed by atoms with Crippen molar-refractivity contribution >= 4 is 10.4 Å². The fraction of sp³-hybridized carbons (Fsp3) is 0.793. The fourth-order valence-electron chi connectivity index (χ4n) is 4.42. The Labute approximate surface area is 218 Å². The van der Waals surface area contributed by atoms with Crippen LogP contribution in [0.25, 0.3) is 0 Å². The van der Waals surface area contributed by atoms with E-state index in [2.05, 4.69) is 55.5 Å². The predicted octanol–water partition coefficient (Wildman–Crippen LogP) is 8.01. The Morgan fingerprint density at radius 1 is 0.686 bits per heavy atom. The third-order valence-electron chi connectivity index (χ3n) is 6.52. The van der Waals surface area contributed by atoms with Crippen LogP contribution in [0, 0.1) is 0 Å². The van der Waals surface area contributed by atoms with Crippen molar-refractivity contribution in [3.05, 3.63) is 35.9 Å². The zero-order valence-corrected chi connectivity index (χ0v) is 24.1. The van der Waals surface area contributed by atoms with Gasteiger partial charge in [-0.1, -0.05) is 134 Å². The van der Waals surface area contributed by atoms with Crippen molar-refractivity contribution in [2.24, 2.45) is 0 Å². The molecule has 0 saturated heterocycles. The molecule has 0 aliphatic carbocycles. The minimum atomic E-state index is -4.41. The van der Waals surface area contributed by atoms with Crippen LogP contribution in [-0.2, 0) is 21.1 Å². The van der Waals surface area contributed by atoms with E-state index in [0.717, 1.165) is 18.1 Å². The molecule has 0 N–H and O–H groups in total. The topological polar surface area (TPSA) is 66.4 Å². The molecule has 35 heavy (non-hydrogen) atoms. The molecule has 1 aromatic rings. The maximum absolute atomic E-state index is 9.22. The van der Waals surface area contributed by atoms with Crippen LogP contribution in [0.4, 0.5) is 0 Å². The first-order valence-electron chi connectivity index (χ1n) is 14.1. The van der Waals surface area contributed by atoms with Crippen LogP contribution >= 0.6 is 0 Å². The molecule has 0 spiro atoms. The molecule has 1 rings (SSSR count). The lowest BCUT2D eigenvalue weighted by molar-refractivity contribution is -0.903. The number of nitrogens with zero attached hydrogens (tertiary/aromatic N) is 1. The summed E-state index contributed by atoms with van der Waals surface area (Å²) in [5, 5.41) is 0. The summed E-state index contributed by atoms with van der Waals surface area (Å²) in [7, 11) is 1.14. The maximum atomic E-state index is 9.22. The largest absolute Gasteiger partial charge is 0.726 e. The molecule has 0 aromatic heterocycles. The molecule has 1 aromatic carbocycles. The quantitative estimate of drug-likeness (QED) is 0.0722. The summed E-state index contributed by atoms with van der Waals surface area (Å²) in [6.45, 7) is 4.75. The van der Waals surface area contributed by atoms with E-state index in [-0.39, 0.29) is 0 Å². The van der Waals surface area contributed by atoms with E-state index in [1.54, 1.807) is 0 Å². The summed E-state index contributed by atoms with van der Waals surface area (Å²) in [6.07, 6.45) is 24.6. The Morgan fingerprint density at radius 3 is 1.37 bits per heavy atom. The number of hydrogen-bond donors (Lipinski definition) is 0. The van der Waals surface area contributed by atoms with Gasteiger partial charge < -0.3 is 9.04 Å². The van der Waals surface area contributed by atoms with Gasteiger partial charge in [0.2, 0.25) is 10.4 Å². The molecule has 0 atom stereocenters. The van der Waals surface area contributed by atoms with Crippen LogP contribution in [0.15, 0.2) is 30.3 Å². The first-order chi connectivity index (χ1) is 16.7. The van der Waals surface area contributed by atoms with Crippen LogP contribution in [0.3, 0.4) is 0 Å². The predicted molar refractivity (Wildman–Crippen MR) is 148 cm³/mol. The molecule has 0 aliphatic rings. The lowest BCUT2D eigenvalue weighted by Gasteiger charge is -2.30. The summed E-state index contributed by atoms with van der Waals surface area (Å²) in [4.78, 5) is 0. The second kappa shape index (κ2) is 22.3. The molecule has 0 bridgehead atoms. The molecular formula is C29H55NO4S. The smallest absolute Gasteiger partial charge is 0.217 e. The molecule has 0 fully saturated rings. The highest BCUT2D eigenvalue weighted by Gasteiger charge is 2.14. The van der Waals surface area contributed by atoms with Gasteiger partial charge in [-0.2, -0.15) is 0 Å². The average Bonchev–Trinajstić information content (AvgIpc) is 2.81. The highest BCUT2D eigenvalue weighted by molar-refractivity contribution is 7.80. The lowest BCUT2D eigenvalue weighted by atomic mass is 10.0. The van der Waals surface area contributed by atoms with Crippen molar-refractivity contribution in [2.75, 3.05) is 27.7 Å². The van der Waals surface area contributed by atoms with Gasteiger partial charge in [0.25, 0.3) is 0 Å². The third-order valence-corrected chi connectivity index (χ3v) is 6.93. The number of rotatable bonds is 21. The minimum absolute atomic E-state index is 0.808. The molecule has 206 valence electrons. The zero-order chi connectivity index (χ0) is 26.3. The molecule has 0 unspecified atom stereocenters. The van der Waals surface area contributed by atoms with E-state index in [0.29, 0.717) is 0 Å². The summed E-state index contributed by atoms with van der Waals surface area (Å²) in [5.41, 5.74) is 1.46. The first-order valence-corrected chi connectivity index (χ1v) is 15.4. The van der Waals surface area contributed by atoms with Gasteiger partial charge in [-0.25, -0.2) is 8.42 Å². The van der Waals surface area contributed by atoms with Gasteiger partial charge in [-0.15, -0.1) is 0 Å². The van der Waals surface area contributed by atoms with Gasteiger partial charge in [0, 0.05) is 5.56 Å². The van der Waals surface area contributed by atoms with E-state index in [4.69, 9.17) is 0 Å². The molecular weight excluding hydrogens is 458 g/mol. The van der Waals surface area contributed by atoms with Crippen LogP contribution in [0.2, 0.25) is 0 Å². The Kier molecular flexibility index (Phi) is 21.7. The van der Waals surface area contributed by atoms with Crippen molar-refractivity contribution in [3.8, 4) is 0 Å². The van der Waals surface area contributed by atoms with Crippen molar-refractivity contribution < 1.29 is 21.6 Å². The molecule has 6 heteroatoms. The number of benzene rings is 1. The summed E-state index contributed by atoms with van der Waals surface area (Å²) >= 11 is 0. The van der Waals surface area contributed by atoms with E-state index < -0.39 is 10.4 Å². The number of unbranched alkanes of at least 4 members (excludes halogenated alkanes) is 16. The van der Waals surface area contributed by atoms with Crippen molar-refractivity contribution in [2.45, 2.75) is 123 Å².